The number of hydrogen-bond donors (Lipinski definition) is 2. The van der Waals surface area contributed by atoms with Crippen molar-refractivity contribution in [3.63, 3.8) is 0 Å². The highest BCUT2D eigenvalue weighted by atomic mass is 19.1. The lowest BCUT2D eigenvalue weighted by Gasteiger charge is -2.31. The van der Waals surface area contributed by atoms with E-state index >= 15 is 0 Å². The van der Waals surface area contributed by atoms with Crippen LogP contribution in [0.25, 0.3) is 22.3 Å². The zero-order valence-corrected chi connectivity index (χ0v) is 21.2. The van der Waals surface area contributed by atoms with Gasteiger partial charge in [0.2, 0.25) is 0 Å². The molecule has 4 heterocycles. The maximum atomic E-state index is 14.6. The van der Waals surface area contributed by atoms with Crippen LogP contribution >= 0.6 is 0 Å². The first-order valence-electron chi connectivity index (χ1n) is 12.2. The number of nitrogens with one attached hydrogen (secondary N) is 1. The van der Waals surface area contributed by atoms with Gasteiger partial charge in [0, 0.05) is 41.7 Å². The van der Waals surface area contributed by atoms with Crippen LogP contribution in [0.15, 0.2) is 23.0 Å². The molecule has 0 unspecified atom stereocenters. The van der Waals surface area contributed by atoms with Crippen molar-refractivity contribution >= 4 is 16.9 Å². The fraction of sp³-hybridized carbons (Fsp3) is 0.444. The lowest BCUT2D eigenvalue weighted by Crippen LogP contribution is -2.44. The fourth-order valence-corrected chi connectivity index (χ4v) is 5.34. The number of aryl methyl sites for hydroxylation is 1. The molecule has 0 fully saturated rings. The van der Waals surface area contributed by atoms with Crippen LogP contribution in [0.3, 0.4) is 0 Å². The minimum Gasteiger partial charge on any atom is -0.458 e. The number of pyridine rings is 2. The summed E-state index contributed by atoms with van der Waals surface area (Å²) in [4.78, 5) is 32.9. The fourth-order valence-electron chi connectivity index (χ4n) is 5.34. The minimum atomic E-state index is -1.89. The molecule has 0 saturated carbocycles. The van der Waals surface area contributed by atoms with Crippen LogP contribution in [0.2, 0.25) is 0 Å². The molecule has 2 aliphatic heterocycles. The molecule has 9 heteroatoms. The summed E-state index contributed by atoms with van der Waals surface area (Å²) in [7, 11) is 4.02. The molecular formula is C27H31FN4O4. The molecule has 190 valence electrons. The summed E-state index contributed by atoms with van der Waals surface area (Å²) in [5, 5.41) is 15.5. The van der Waals surface area contributed by atoms with Crippen molar-refractivity contribution in [1.29, 1.82) is 0 Å². The van der Waals surface area contributed by atoms with E-state index in [0.29, 0.717) is 29.0 Å². The number of ether oxygens (including phenoxy) is 1. The van der Waals surface area contributed by atoms with Crippen molar-refractivity contribution in [2.24, 2.45) is 0 Å². The van der Waals surface area contributed by atoms with Gasteiger partial charge in [-0.05, 0) is 57.6 Å². The number of likely N-dealkylation sites (N-methyl/N-ethyl adjacent to an activating group) is 1. The summed E-state index contributed by atoms with van der Waals surface area (Å²) >= 11 is 0. The average Bonchev–Trinajstić information content (AvgIpc) is 3.19. The molecule has 0 aliphatic carbocycles. The molecule has 2 atom stereocenters. The van der Waals surface area contributed by atoms with E-state index in [4.69, 9.17) is 9.72 Å². The van der Waals surface area contributed by atoms with Gasteiger partial charge >= 0.3 is 5.97 Å². The quantitative estimate of drug-likeness (QED) is 0.398. The molecule has 2 aliphatic rings. The van der Waals surface area contributed by atoms with Gasteiger partial charge in [-0.25, -0.2) is 14.2 Å². The zero-order chi connectivity index (χ0) is 25.9. The predicted molar refractivity (Wildman–Crippen MR) is 134 cm³/mol. The van der Waals surface area contributed by atoms with E-state index in [1.807, 2.05) is 20.2 Å². The number of nitrogens with zero attached hydrogens (tertiary/aromatic N) is 3. The number of benzene rings is 1. The van der Waals surface area contributed by atoms with Gasteiger partial charge in [0.25, 0.3) is 5.56 Å². The van der Waals surface area contributed by atoms with Crippen molar-refractivity contribution in [3.8, 4) is 11.4 Å². The molecule has 8 nitrogen and oxygen atoms in total. The number of fused-ring (bicyclic) bond motifs is 5. The number of carbonyl (C=O) groups excluding carboxylic acids is 1. The third-order valence-corrected chi connectivity index (χ3v) is 7.45. The predicted octanol–water partition coefficient (Wildman–Crippen LogP) is 2.74. The van der Waals surface area contributed by atoms with Crippen molar-refractivity contribution in [3.05, 3.63) is 62.2 Å². The van der Waals surface area contributed by atoms with E-state index in [1.165, 1.54) is 6.07 Å². The number of carbonyl (C=O) groups is 1. The highest BCUT2D eigenvalue weighted by molar-refractivity contribution is 5.90. The Morgan fingerprint density at radius 3 is 2.72 bits per heavy atom. The Balaban J connectivity index is 1.74. The van der Waals surface area contributed by atoms with E-state index in [2.05, 4.69) is 17.1 Å². The average molecular weight is 495 g/mol. The van der Waals surface area contributed by atoms with E-state index in [9.17, 15) is 19.1 Å². The van der Waals surface area contributed by atoms with E-state index < -0.39 is 11.6 Å². The van der Waals surface area contributed by atoms with E-state index in [-0.39, 0.29) is 41.6 Å². The lowest BCUT2D eigenvalue weighted by atomic mass is 9.86. The molecular weight excluding hydrogens is 463 g/mol. The summed E-state index contributed by atoms with van der Waals surface area (Å²) in [6.07, 6.45) is 0.0717. The Hall–Kier alpha value is -3.14. The van der Waals surface area contributed by atoms with Gasteiger partial charge in [0.1, 0.15) is 12.4 Å². The van der Waals surface area contributed by atoms with Gasteiger partial charge in [0.15, 0.2) is 5.60 Å². The molecule has 3 aromatic rings. The second-order valence-corrected chi connectivity index (χ2v) is 10.1. The largest absolute Gasteiger partial charge is 0.458 e. The molecule has 1 aromatic carbocycles. The molecule has 0 amide bonds. The standard InChI is InChI=1S/C27H31FN4O4/c1-6-27(35)19-10-22-24-17(12-32(22)25(33)18(19)13-36-26(27)34)23(15(3)29-7-8-31(4)5)16-9-14(2)20(28)11-21(16)30-24/h9-11,15,29,35H,6-8,12-13H2,1-5H3/t15-,27-/m0/s1. The lowest BCUT2D eigenvalue weighted by molar-refractivity contribution is -0.172. The first-order valence-corrected chi connectivity index (χ1v) is 12.2. The minimum absolute atomic E-state index is 0.0717. The Morgan fingerprint density at radius 2 is 2.03 bits per heavy atom. The van der Waals surface area contributed by atoms with Crippen LogP contribution in [-0.2, 0) is 28.3 Å². The highest BCUT2D eigenvalue weighted by Gasteiger charge is 2.45. The summed E-state index contributed by atoms with van der Waals surface area (Å²) in [5.41, 5.74) is 2.29. The highest BCUT2D eigenvalue weighted by Crippen LogP contribution is 2.41. The van der Waals surface area contributed by atoms with Crippen LogP contribution in [0.1, 0.15) is 54.1 Å². The van der Waals surface area contributed by atoms with Crippen LogP contribution < -0.4 is 10.9 Å². The molecule has 5 rings (SSSR count). The van der Waals surface area contributed by atoms with Crippen molar-refractivity contribution in [2.75, 3.05) is 27.2 Å². The number of cyclic esters (lactones) is 1. The monoisotopic (exact) mass is 494 g/mol. The smallest absolute Gasteiger partial charge is 0.343 e. The first-order chi connectivity index (χ1) is 17.1. The van der Waals surface area contributed by atoms with Crippen LogP contribution in [0, 0.1) is 12.7 Å². The van der Waals surface area contributed by atoms with Crippen molar-refractivity contribution < 1.29 is 19.0 Å². The topological polar surface area (TPSA) is 96.7 Å². The first kappa shape index (κ1) is 24.5. The zero-order valence-electron chi connectivity index (χ0n) is 21.2. The summed E-state index contributed by atoms with van der Waals surface area (Å²) in [6.45, 7) is 7.17. The maximum Gasteiger partial charge on any atom is 0.343 e. The molecule has 0 spiro atoms. The molecule has 0 radical (unpaired) electrons. The van der Waals surface area contributed by atoms with Crippen LogP contribution in [0.4, 0.5) is 4.39 Å². The Kier molecular flexibility index (Phi) is 5.97. The van der Waals surface area contributed by atoms with Gasteiger partial charge in [-0.2, -0.15) is 0 Å². The number of aliphatic hydroxyl groups is 1. The second-order valence-electron chi connectivity index (χ2n) is 10.1. The molecule has 0 saturated heterocycles. The number of hydrogen-bond acceptors (Lipinski definition) is 7. The molecule has 2 N–H and O–H groups in total. The number of rotatable bonds is 6. The summed E-state index contributed by atoms with van der Waals surface area (Å²) in [6, 6.07) is 4.84. The third-order valence-electron chi connectivity index (χ3n) is 7.45. The number of halogens is 1. The van der Waals surface area contributed by atoms with Gasteiger partial charge in [-0.3, -0.25) is 4.79 Å². The molecule has 36 heavy (non-hydrogen) atoms. The van der Waals surface area contributed by atoms with Gasteiger partial charge in [0.05, 0.1) is 29.0 Å². The Bertz CT molecular complexity index is 1460. The van der Waals surface area contributed by atoms with Gasteiger partial charge in [-0.15, -0.1) is 0 Å². The molecule has 2 aromatic heterocycles. The van der Waals surface area contributed by atoms with Crippen LogP contribution in [0.5, 0.6) is 0 Å². The second kappa shape index (κ2) is 8.76. The maximum absolute atomic E-state index is 14.6. The van der Waals surface area contributed by atoms with Crippen molar-refractivity contribution in [2.45, 2.75) is 52.0 Å². The van der Waals surface area contributed by atoms with Crippen LogP contribution in [-0.4, -0.2) is 52.7 Å². The Labute approximate surface area is 208 Å². The summed E-state index contributed by atoms with van der Waals surface area (Å²) in [5.74, 6) is -1.11. The normalized spacial score (nSPS) is 19.3. The molecule has 0 bridgehead atoms. The SMILES string of the molecule is CC[C@@]1(O)C(=O)OCc2c1cc1n(c2=O)Cc2c-1nc1cc(F)c(C)cc1c2[C@H](C)NCCN(C)C. The number of aromatic nitrogens is 2. The third kappa shape index (κ3) is 3.65. The van der Waals surface area contributed by atoms with E-state index in [0.717, 1.165) is 29.6 Å². The van der Waals surface area contributed by atoms with Gasteiger partial charge < -0.3 is 24.6 Å². The van der Waals surface area contributed by atoms with Crippen molar-refractivity contribution in [1.82, 2.24) is 19.8 Å². The number of esters is 1. The van der Waals surface area contributed by atoms with E-state index in [1.54, 1.807) is 24.5 Å². The Morgan fingerprint density at radius 1 is 1.28 bits per heavy atom. The van der Waals surface area contributed by atoms with Gasteiger partial charge in [-0.1, -0.05) is 6.92 Å². The summed E-state index contributed by atoms with van der Waals surface area (Å²) < 4.78 is 21.4.